The fourth-order valence-electron chi connectivity index (χ4n) is 3.92. The van der Waals surface area contributed by atoms with Gasteiger partial charge in [0.25, 0.3) is 5.78 Å². The number of ketones is 1. The molecule has 0 radical (unpaired) electrons. The third-order valence-electron chi connectivity index (χ3n) is 5.84. The van der Waals surface area contributed by atoms with Gasteiger partial charge >= 0.3 is 5.97 Å². The van der Waals surface area contributed by atoms with Gasteiger partial charge in [-0.15, -0.1) is 0 Å². The van der Waals surface area contributed by atoms with Crippen molar-refractivity contribution in [2.45, 2.75) is 31.3 Å². The molecule has 1 fully saturated rings. The molecule has 1 saturated heterocycles. The Hall–Kier alpha value is -4.27. The monoisotopic (exact) mass is 491 g/mol. The average molecular weight is 492 g/mol. The van der Waals surface area contributed by atoms with Gasteiger partial charge in [-0.3, -0.25) is 19.2 Å². The van der Waals surface area contributed by atoms with Crippen LogP contribution in [0.3, 0.4) is 0 Å². The highest BCUT2D eigenvalue weighted by molar-refractivity contribution is 6.36. The highest BCUT2D eigenvalue weighted by atomic mass is 16.5. The first-order valence-corrected chi connectivity index (χ1v) is 11.6. The van der Waals surface area contributed by atoms with Crippen LogP contribution < -0.4 is 16.0 Å². The molecule has 9 nitrogen and oxygen atoms in total. The predicted octanol–water partition coefficient (Wildman–Crippen LogP) is 1.18. The predicted molar refractivity (Wildman–Crippen MR) is 132 cm³/mol. The lowest BCUT2D eigenvalue weighted by atomic mass is 9.95. The van der Waals surface area contributed by atoms with Crippen molar-refractivity contribution in [2.75, 3.05) is 13.7 Å². The number of nitrogens with one attached hydrogen (secondary N) is 3. The van der Waals surface area contributed by atoms with Crippen LogP contribution in [0.4, 0.5) is 0 Å². The van der Waals surface area contributed by atoms with Crippen molar-refractivity contribution in [3.05, 3.63) is 77.9 Å². The summed E-state index contributed by atoms with van der Waals surface area (Å²) in [5.74, 6) is -4.00. The maximum Gasteiger partial charge on any atom is 0.376 e. The van der Waals surface area contributed by atoms with E-state index >= 15 is 0 Å². The van der Waals surface area contributed by atoms with Gasteiger partial charge in [0.15, 0.2) is 0 Å². The minimum absolute atomic E-state index is 0.0502. The first-order chi connectivity index (χ1) is 17.4. The van der Waals surface area contributed by atoms with E-state index in [1.54, 1.807) is 6.08 Å². The zero-order valence-electron chi connectivity index (χ0n) is 19.9. The second-order valence-corrected chi connectivity index (χ2v) is 8.42. The summed E-state index contributed by atoms with van der Waals surface area (Å²) in [6.45, 7) is 0.455. The zero-order chi connectivity index (χ0) is 25.9. The molecule has 0 spiro atoms. The van der Waals surface area contributed by atoms with Gasteiger partial charge in [-0.1, -0.05) is 60.7 Å². The fourth-order valence-corrected chi connectivity index (χ4v) is 3.92. The largest absolute Gasteiger partial charge is 0.463 e. The number of amides is 3. The lowest BCUT2D eigenvalue weighted by Crippen LogP contribution is -2.54. The van der Waals surface area contributed by atoms with Gasteiger partial charge in [0.2, 0.25) is 17.7 Å². The van der Waals surface area contributed by atoms with Crippen molar-refractivity contribution in [2.24, 2.45) is 5.92 Å². The molecule has 188 valence electrons. The average Bonchev–Trinajstić information content (AvgIpc) is 3.31. The van der Waals surface area contributed by atoms with E-state index in [4.69, 9.17) is 0 Å². The van der Waals surface area contributed by atoms with Crippen LogP contribution in [0.2, 0.25) is 0 Å². The minimum Gasteiger partial charge on any atom is -0.463 e. The molecular formula is C27H29N3O6. The minimum atomic E-state index is -1.27. The van der Waals surface area contributed by atoms with E-state index < -0.39 is 41.6 Å². The normalized spacial score (nSPS) is 16.6. The standard InChI is InChI=1S/C27H29N3O6/c1-36-27(35)24(32)21(17-20-14-15-28-25(20)33)30-26(34)22(16-19-10-6-3-7-11-19)29-23(31)13-12-18-8-4-2-5-9-18/h2-13,20-22H,14-17H2,1H3,(H,28,33)(H,29,31)(H,30,34)/b13-12+/t20-,21-,22-/m0/s1. The van der Waals surface area contributed by atoms with Crippen LogP contribution in [0.5, 0.6) is 0 Å². The van der Waals surface area contributed by atoms with Gasteiger partial charge in [-0.25, -0.2) is 4.79 Å². The maximum atomic E-state index is 13.3. The van der Waals surface area contributed by atoms with Crippen LogP contribution in [-0.2, 0) is 35.1 Å². The summed E-state index contributed by atoms with van der Waals surface area (Å²) in [6.07, 6.45) is 3.52. The SMILES string of the molecule is COC(=O)C(=O)[C@H](C[C@@H]1CCNC1=O)NC(=O)[C@H](Cc1ccccc1)NC(=O)/C=C/c1ccccc1. The number of carbonyl (C=O) groups is 5. The molecule has 3 rings (SSSR count). The van der Waals surface area contributed by atoms with Gasteiger partial charge in [-0.2, -0.15) is 0 Å². The van der Waals surface area contributed by atoms with Gasteiger partial charge in [0.05, 0.1) is 7.11 Å². The Labute approximate surface area is 209 Å². The van der Waals surface area contributed by atoms with Crippen molar-refractivity contribution in [1.82, 2.24) is 16.0 Å². The van der Waals surface area contributed by atoms with E-state index in [0.29, 0.717) is 13.0 Å². The van der Waals surface area contributed by atoms with Crippen molar-refractivity contribution < 1.29 is 28.7 Å². The van der Waals surface area contributed by atoms with E-state index in [1.165, 1.54) is 6.08 Å². The Kier molecular flexibility index (Phi) is 9.50. The highest BCUT2D eigenvalue weighted by Crippen LogP contribution is 2.17. The molecule has 0 aromatic heterocycles. The summed E-state index contributed by atoms with van der Waals surface area (Å²) < 4.78 is 4.54. The Bertz CT molecular complexity index is 1120. The van der Waals surface area contributed by atoms with Crippen LogP contribution in [0.25, 0.3) is 6.08 Å². The molecule has 0 saturated carbocycles. The molecule has 0 unspecified atom stereocenters. The number of methoxy groups -OCH3 is 1. The van der Waals surface area contributed by atoms with Crippen LogP contribution in [0.1, 0.15) is 24.0 Å². The number of ether oxygens (including phenoxy) is 1. The summed E-state index contributed by atoms with van der Waals surface area (Å²) in [5, 5.41) is 7.93. The number of carbonyl (C=O) groups excluding carboxylic acids is 5. The van der Waals surface area contributed by atoms with Crippen LogP contribution in [-0.4, -0.2) is 55.2 Å². The molecule has 3 N–H and O–H groups in total. The number of esters is 1. The molecule has 0 aliphatic carbocycles. The van der Waals surface area contributed by atoms with Gasteiger partial charge in [-0.05, 0) is 30.0 Å². The number of benzene rings is 2. The molecule has 2 aromatic carbocycles. The molecule has 2 aromatic rings. The smallest absolute Gasteiger partial charge is 0.376 e. The van der Waals surface area contributed by atoms with E-state index in [2.05, 4.69) is 20.7 Å². The summed E-state index contributed by atoms with van der Waals surface area (Å²) in [6, 6.07) is 16.0. The fraction of sp³-hybridized carbons (Fsp3) is 0.296. The van der Waals surface area contributed by atoms with Crippen molar-refractivity contribution in [3.63, 3.8) is 0 Å². The third kappa shape index (κ3) is 7.63. The Morgan fingerprint density at radius 2 is 1.67 bits per heavy atom. The Morgan fingerprint density at radius 1 is 1.00 bits per heavy atom. The molecule has 3 amide bonds. The van der Waals surface area contributed by atoms with E-state index in [0.717, 1.165) is 18.2 Å². The highest BCUT2D eigenvalue weighted by Gasteiger charge is 2.35. The Morgan fingerprint density at radius 3 is 2.28 bits per heavy atom. The maximum absolute atomic E-state index is 13.3. The van der Waals surface area contributed by atoms with Crippen LogP contribution in [0, 0.1) is 5.92 Å². The van der Waals surface area contributed by atoms with Gasteiger partial charge < -0.3 is 20.7 Å². The van der Waals surface area contributed by atoms with E-state index in [1.807, 2.05) is 60.7 Å². The summed E-state index contributed by atoms with van der Waals surface area (Å²) in [4.78, 5) is 62.6. The van der Waals surface area contributed by atoms with Crippen LogP contribution >= 0.6 is 0 Å². The lowest BCUT2D eigenvalue weighted by Gasteiger charge is -2.23. The second-order valence-electron chi connectivity index (χ2n) is 8.42. The molecule has 1 aliphatic heterocycles. The summed E-state index contributed by atoms with van der Waals surface area (Å²) in [7, 11) is 1.07. The first-order valence-electron chi connectivity index (χ1n) is 11.6. The Balaban J connectivity index is 1.77. The second kappa shape index (κ2) is 13.0. The van der Waals surface area contributed by atoms with Gasteiger partial charge in [0.1, 0.15) is 12.1 Å². The number of hydrogen-bond acceptors (Lipinski definition) is 6. The lowest BCUT2D eigenvalue weighted by molar-refractivity contribution is -0.153. The van der Waals surface area contributed by atoms with E-state index in [9.17, 15) is 24.0 Å². The third-order valence-corrected chi connectivity index (χ3v) is 5.84. The number of hydrogen-bond donors (Lipinski definition) is 3. The van der Waals surface area contributed by atoms with Gasteiger partial charge in [0, 0.05) is 25.0 Å². The quantitative estimate of drug-likeness (QED) is 0.246. The summed E-state index contributed by atoms with van der Waals surface area (Å²) >= 11 is 0. The van der Waals surface area contributed by atoms with E-state index in [-0.39, 0.29) is 18.7 Å². The molecule has 1 heterocycles. The van der Waals surface area contributed by atoms with Crippen molar-refractivity contribution in [1.29, 1.82) is 0 Å². The molecular weight excluding hydrogens is 462 g/mol. The first kappa shape index (κ1) is 26.3. The molecule has 9 heteroatoms. The molecule has 3 atom stereocenters. The van der Waals surface area contributed by atoms with Crippen LogP contribution in [0.15, 0.2) is 66.7 Å². The topological polar surface area (TPSA) is 131 Å². The van der Waals surface area contributed by atoms with Crippen molar-refractivity contribution >= 4 is 35.6 Å². The molecule has 1 aliphatic rings. The molecule has 0 bridgehead atoms. The zero-order valence-corrected chi connectivity index (χ0v) is 19.9. The summed E-state index contributed by atoms with van der Waals surface area (Å²) in [5.41, 5.74) is 1.60. The van der Waals surface area contributed by atoms with Crippen molar-refractivity contribution in [3.8, 4) is 0 Å². The molecule has 36 heavy (non-hydrogen) atoms. The number of rotatable bonds is 11. The number of Topliss-reactive ketones (excluding diaryl/α,β-unsaturated/α-hetero) is 1.